The molecule has 8 bridgehead atoms. The van der Waals surface area contributed by atoms with E-state index in [9.17, 15) is 0 Å². The van der Waals surface area contributed by atoms with E-state index in [0.717, 1.165) is 26.4 Å². The minimum Gasteiger partial charge on any atom is -0.356 e. The summed E-state index contributed by atoms with van der Waals surface area (Å²) in [6.45, 7) is 8.52. The van der Waals surface area contributed by atoms with Crippen LogP contribution in [0.2, 0.25) is 0 Å². The normalized spacial score (nSPS) is 20.1. The van der Waals surface area contributed by atoms with Gasteiger partial charge in [0.1, 0.15) is 0 Å². The molecule has 4 nitrogen and oxygen atoms in total. The van der Waals surface area contributed by atoms with Gasteiger partial charge in [0.15, 0.2) is 0 Å². The smallest absolute Gasteiger partial charge is 0.0942 e. The first-order chi connectivity index (χ1) is 13.1. The molecule has 0 aromatic heterocycles. The van der Waals surface area contributed by atoms with E-state index in [1.807, 2.05) is 0 Å². The second-order valence-corrected chi connectivity index (χ2v) is 8.17. The van der Waals surface area contributed by atoms with Crippen molar-refractivity contribution in [3.63, 3.8) is 0 Å². The van der Waals surface area contributed by atoms with Crippen LogP contribution in [0.25, 0.3) is 0 Å². The number of benzene rings is 2. The predicted molar refractivity (Wildman–Crippen MR) is 111 cm³/mol. The zero-order valence-corrected chi connectivity index (χ0v) is 16.0. The quantitative estimate of drug-likeness (QED) is 0.702. The highest BCUT2D eigenvalue weighted by molar-refractivity contribution is 5.58. The van der Waals surface area contributed by atoms with Crippen LogP contribution in [0.3, 0.4) is 0 Å². The van der Waals surface area contributed by atoms with Crippen molar-refractivity contribution < 1.29 is 0 Å². The molecule has 0 aliphatic carbocycles. The van der Waals surface area contributed by atoms with Gasteiger partial charge >= 0.3 is 0 Å². The Balaban J connectivity index is 1.61. The average molecular weight is 358 g/mol. The van der Waals surface area contributed by atoms with Crippen LogP contribution in [0.1, 0.15) is 25.0 Å². The van der Waals surface area contributed by atoms with Gasteiger partial charge in [0.25, 0.3) is 0 Å². The first-order valence-corrected chi connectivity index (χ1v) is 9.69. The molecule has 27 heavy (non-hydrogen) atoms. The van der Waals surface area contributed by atoms with Gasteiger partial charge in [-0.15, -0.1) is 0 Å². The van der Waals surface area contributed by atoms with Gasteiger partial charge in [-0.05, 0) is 35.4 Å². The maximum Gasteiger partial charge on any atom is 0.0942 e. The molecular weight excluding hydrogens is 332 g/mol. The van der Waals surface area contributed by atoms with Crippen molar-refractivity contribution >= 4 is 11.4 Å². The Hall–Kier alpha value is -2.88. The van der Waals surface area contributed by atoms with Crippen LogP contribution >= 0.6 is 0 Å². The molecule has 2 aromatic rings. The number of rotatable bonds is 0. The van der Waals surface area contributed by atoms with Crippen LogP contribution in [-0.4, -0.2) is 36.2 Å². The number of hydrogen-bond donors (Lipinski definition) is 0. The van der Waals surface area contributed by atoms with Crippen molar-refractivity contribution in [2.75, 3.05) is 36.2 Å². The summed E-state index contributed by atoms with van der Waals surface area (Å²) < 4.78 is 0. The lowest BCUT2D eigenvalue weighted by Gasteiger charge is -2.29. The molecule has 0 radical (unpaired) electrons. The standard InChI is InChI=1S/C23H26N4/c1-23(2)19-5-3-7-21(15-19)26-13-11-24(17-26)9-10-25-12-14-27(18-25)22-8-4-6-20(23)16-22/h3-8,11-16H,9-10,17-18H2,1-2H3. The largest absolute Gasteiger partial charge is 0.356 e. The van der Waals surface area contributed by atoms with E-state index < -0.39 is 0 Å². The van der Waals surface area contributed by atoms with Crippen molar-refractivity contribution in [3.05, 3.63) is 84.5 Å². The molecule has 0 amide bonds. The fourth-order valence-corrected chi connectivity index (χ4v) is 4.13. The Bertz CT molecular complexity index is 841. The third-order valence-corrected chi connectivity index (χ3v) is 6.06. The lowest BCUT2D eigenvalue weighted by Crippen LogP contribution is -2.33. The summed E-state index contributed by atoms with van der Waals surface area (Å²) >= 11 is 0. The van der Waals surface area contributed by atoms with Crippen molar-refractivity contribution in [2.45, 2.75) is 19.3 Å². The highest BCUT2D eigenvalue weighted by Gasteiger charge is 2.26. The van der Waals surface area contributed by atoms with Gasteiger partial charge < -0.3 is 19.6 Å². The van der Waals surface area contributed by atoms with Crippen LogP contribution in [0.4, 0.5) is 11.4 Å². The SMILES string of the molecule is CC1(C)c2cccc(c2)N2C=CN(CCN3C=CN(C3)c3cccc1c3)C2. The molecule has 0 saturated heterocycles. The van der Waals surface area contributed by atoms with E-state index in [1.165, 1.54) is 22.5 Å². The van der Waals surface area contributed by atoms with Gasteiger partial charge in [-0.1, -0.05) is 38.1 Å². The Kier molecular flexibility index (Phi) is 3.67. The number of fused-ring (bicyclic) bond motifs is 10. The molecule has 4 heteroatoms. The minimum absolute atomic E-state index is 0.0571. The topological polar surface area (TPSA) is 13.0 Å². The lowest BCUT2D eigenvalue weighted by atomic mass is 9.78. The molecule has 0 spiro atoms. The van der Waals surface area contributed by atoms with Crippen LogP contribution in [0, 0.1) is 0 Å². The fraction of sp³-hybridized carbons (Fsp3) is 0.304. The Morgan fingerprint density at radius 3 is 1.63 bits per heavy atom. The molecule has 3 aliphatic rings. The van der Waals surface area contributed by atoms with E-state index in [2.05, 4.69) is 107 Å². The summed E-state index contributed by atoms with van der Waals surface area (Å²) in [7, 11) is 0. The summed E-state index contributed by atoms with van der Waals surface area (Å²) in [5.74, 6) is 0. The van der Waals surface area contributed by atoms with E-state index in [1.54, 1.807) is 0 Å². The maximum atomic E-state index is 2.38. The van der Waals surface area contributed by atoms with Crippen molar-refractivity contribution in [3.8, 4) is 0 Å². The van der Waals surface area contributed by atoms with Gasteiger partial charge in [0.05, 0.1) is 13.3 Å². The van der Waals surface area contributed by atoms with Crippen molar-refractivity contribution in [1.82, 2.24) is 9.80 Å². The molecule has 2 aromatic carbocycles. The zero-order valence-electron chi connectivity index (χ0n) is 16.0. The van der Waals surface area contributed by atoms with Crippen LogP contribution in [0.15, 0.2) is 73.3 Å². The average Bonchev–Trinajstić information content (AvgIpc) is 3.36. The highest BCUT2D eigenvalue weighted by Crippen LogP contribution is 2.36. The Morgan fingerprint density at radius 1 is 0.667 bits per heavy atom. The predicted octanol–water partition coefficient (Wildman–Crippen LogP) is 4.13. The van der Waals surface area contributed by atoms with Gasteiger partial charge in [0.2, 0.25) is 0 Å². The van der Waals surface area contributed by atoms with Crippen LogP contribution in [0.5, 0.6) is 0 Å². The minimum atomic E-state index is -0.0571. The van der Waals surface area contributed by atoms with Crippen molar-refractivity contribution in [2.24, 2.45) is 0 Å². The molecule has 0 N–H and O–H groups in total. The number of nitrogens with zero attached hydrogens (tertiary/aromatic N) is 4. The molecule has 0 unspecified atom stereocenters. The summed E-state index contributed by atoms with van der Waals surface area (Å²) in [5, 5.41) is 0. The highest BCUT2D eigenvalue weighted by atomic mass is 15.4. The molecule has 0 atom stereocenters. The van der Waals surface area contributed by atoms with E-state index in [4.69, 9.17) is 0 Å². The van der Waals surface area contributed by atoms with Crippen LogP contribution in [-0.2, 0) is 5.41 Å². The molecule has 138 valence electrons. The number of anilines is 2. The van der Waals surface area contributed by atoms with E-state index in [-0.39, 0.29) is 5.41 Å². The van der Waals surface area contributed by atoms with Gasteiger partial charge in [-0.25, -0.2) is 0 Å². The van der Waals surface area contributed by atoms with Crippen molar-refractivity contribution in [1.29, 1.82) is 0 Å². The first-order valence-electron chi connectivity index (χ1n) is 9.69. The second kappa shape index (κ2) is 6.08. The van der Waals surface area contributed by atoms with E-state index in [0.29, 0.717) is 0 Å². The molecule has 0 fully saturated rings. The second-order valence-electron chi connectivity index (χ2n) is 8.17. The number of hydrogen-bond acceptors (Lipinski definition) is 4. The summed E-state index contributed by atoms with van der Waals surface area (Å²) in [4.78, 5) is 9.44. The monoisotopic (exact) mass is 358 g/mol. The molecule has 3 aliphatic heterocycles. The molecule has 5 rings (SSSR count). The molecule has 3 heterocycles. The van der Waals surface area contributed by atoms with Gasteiger partial charge in [-0.2, -0.15) is 0 Å². The Labute approximate surface area is 161 Å². The summed E-state index contributed by atoms with van der Waals surface area (Å²) in [6.07, 6.45) is 8.82. The summed E-state index contributed by atoms with van der Waals surface area (Å²) in [5.41, 5.74) is 5.15. The lowest BCUT2D eigenvalue weighted by molar-refractivity contribution is 0.322. The van der Waals surface area contributed by atoms with Gasteiger partial charge in [0, 0.05) is 54.7 Å². The zero-order chi connectivity index (χ0) is 18.4. The van der Waals surface area contributed by atoms with E-state index >= 15 is 0 Å². The first kappa shape index (κ1) is 16.3. The third-order valence-electron chi connectivity index (χ3n) is 6.06. The van der Waals surface area contributed by atoms with Gasteiger partial charge in [-0.3, -0.25) is 0 Å². The van der Waals surface area contributed by atoms with Crippen LogP contribution < -0.4 is 9.80 Å². The molecular formula is C23H26N4. The summed E-state index contributed by atoms with van der Waals surface area (Å²) in [6, 6.07) is 18.0. The Morgan fingerprint density at radius 2 is 1.15 bits per heavy atom. The molecule has 0 saturated carbocycles. The maximum absolute atomic E-state index is 2.38. The third kappa shape index (κ3) is 2.85. The fourth-order valence-electron chi connectivity index (χ4n) is 4.13.